The summed E-state index contributed by atoms with van der Waals surface area (Å²) in [7, 11) is 0. The molecule has 1 aromatic carbocycles. The summed E-state index contributed by atoms with van der Waals surface area (Å²) < 4.78 is 12.9. The second-order valence-corrected chi connectivity index (χ2v) is 3.62. The Morgan fingerprint density at radius 3 is 3.07 bits per heavy atom. The van der Waals surface area contributed by atoms with E-state index in [4.69, 9.17) is 0 Å². The highest BCUT2D eigenvalue weighted by atomic mass is 32.1. The van der Waals surface area contributed by atoms with Crippen LogP contribution >= 0.6 is 11.3 Å². The molecule has 0 amide bonds. The summed E-state index contributed by atoms with van der Waals surface area (Å²) in [6, 6.07) is 4.28. The van der Waals surface area contributed by atoms with Gasteiger partial charge in [0.1, 0.15) is 0 Å². The molecule has 15 heavy (non-hydrogen) atoms. The van der Waals surface area contributed by atoms with Crippen molar-refractivity contribution >= 4 is 22.7 Å². The summed E-state index contributed by atoms with van der Waals surface area (Å²) in [5, 5.41) is 11.7. The monoisotopic (exact) mass is 222 g/mol. The van der Waals surface area contributed by atoms with Gasteiger partial charge in [0, 0.05) is 23.4 Å². The average Bonchev–Trinajstić information content (AvgIpc) is 2.73. The van der Waals surface area contributed by atoms with Gasteiger partial charge in [-0.1, -0.05) is 6.07 Å². The van der Waals surface area contributed by atoms with E-state index in [-0.39, 0.29) is 0 Å². The zero-order valence-electron chi connectivity index (χ0n) is 7.59. The first-order valence-corrected chi connectivity index (χ1v) is 5.06. The van der Waals surface area contributed by atoms with Gasteiger partial charge in [-0.2, -0.15) is 0 Å². The molecule has 1 aromatic heterocycles. The van der Waals surface area contributed by atoms with Crippen molar-refractivity contribution in [2.24, 2.45) is 4.99 Å². The minimum atomic E-state index is -0.655. The number of phenolic OH excluding ortho intramolecular Hbond substituents is 1. The zero-order valence-corrected chi connectivity index (χ0v) is 8.41. The third kappa shape index (κ3) is 2.19. The molecule has 0 saturated heterocycles. The van der Waals surface area contributed by atoms with Crippen LogP contribution in [0.4, 0.5) is 9.52 Å². The highest BCUT2D eigenvalue weighted by molar-refractivity contribution is 7.13. The van der Waals surface area contributed by atoms with Crippen LogP contribution < -0.4 is 0 Å². The van der Waals surface area contributed by atoms with Crippen molar-refractivity contribution < 1.29 is 9.50 Å². The van der Waals surface area contributed by atoms with Gasteiger partial charge in [0.15, 0.2) is 11.6 Å². The Bertz CT molecular complexity index is 482. The minimum absolute atomic E-state index is 0.338. The summed E-state index contributed by atoms with van der Waals surface area (Å²) in [6.45, 7) is 0. The number of halogens is 1. The third-order valence-electron chi connectivity index (χ3n) is 1.75. The molecule has 0 aliphatic carbocycles. The fourth-order valence-corrected chi connectivity index (χ4v) is 1.52. The summed E-state index contributed by atoms with van der Waals surface area (Å²) >= 11 is 1.37. The largest absolute Gasteiger partial charge is 0.504 e. The Balaban J connectivity index is 2.28. The van der Waals surface area contributed by atoms with Gasteiger partial charge in [-0.3, -0.25) is 0 Å². The first-order chi connectivity index (χ1) is 7.27. The Hall–Kier alpha value is -1.75. The van der Waals surface area contributed by atoms with E-state index in [2.05, 4.69) is 9.98 Å². The first-order valence-electron chi connectivity index (χ1n) is 4.18. The molecule has 1 N–H and O–H groups in total. The molecule has 0 aliphatic heterocycles. The van der Waals surface area contributed by atoms with Crippen molar-refractivity contribution in [2.45, 2.75) is 0 Å². The number of hydrogen-bond donors (Lipinski definition) is 1. The maximum absolute atomic E-state index is 12.9. The molecule has 0 saturated carbocycles. The molecule has 2 rings (SSSR count). The van der Waals surface area contributed by atoms with E-state index in [1.807, 2.05) is 0 Å². The second kappa shape index (κ2) is 4.18. The van der Waals surface area contributed by atoms with Crippen LogP contribution in [0.5, 0.6) is 5.75 Å². The van der Waals surface area contributed by atoms with Crippen molar-refractivity contribution in [1.29, 1.82) is 0 Å². The maximum Gasteiger partial charge on any atom is 0.209 e. The number of aromatic nitrogens is 1. The Kier molecular flexibility index (Phi) is 2.73. The predicted molar refractivity (Wildman–Crippen MR) is 57.4 cm³/mol. The standard InChI is InChI=1S/C10H7FN2OS/c11-8-3-1-2-7(9(8)14)6-13-10-12-4-5-15-10/h1-6,14H/b13-6+. The molecule has 0 fully saturated rings. The number of hydrogen-bond acceptors (Lipinski definition) is 4. The molecule has 2 aromatic rings. The number of thiazole rings is 1. The molecule has 76 valence electrons. The lowest BCUT2D eigenvalue weighted by molar-refractivity contribution is 0.431. The van der Waals surface area contributed by atoms with Gasteiger partial charge in [0.2, 0.25) is 5.13 Å². The SMILES string of the molecule is Oc1c(F)cccc1/C=N/c1nccs1. The van der Waals surface area contributed by atoms with Crippen molar-refractivity contribution in [3.05, 3.63) is 41.2 Å². The topological polar surface area (TPSA) is 45.5 Å². The molecular formula is C10H7FN2OS. The molecule has 0 unspecified atom stereocenters. The Labute approximate surface area is 89.6 Å². The van der Waals surface area contributed by atoms with Gasteiger partial charge < -0.3 is 5.11 Å². The normalized spacial score (nSPS) is 11.0. The van der Waals surface area contributed by atoms with Crippen molar-refractivity contribution in [1.82, 2.24) is 4.98 Å². The number of benzene rings is 1. The number of rotatable bonds is 2. The predicted octanol–water partition coefficient (Wildman–Crippen LogP) is 2.74. The number of nitrogens with zero attached hydrogens (tertiary/aromatic N) is 2. The van der Waals surface area contributed by atoms with E-state index in [0.29, 0.717) is 10.7 Å². The molecular weight excluding hydrogens is 215 g/mol. The van der Waals surface area contributed by atoms with Gasteiger partial charge in [-0.15, -0.1) is 11.3 Å². The van der Waals surface area contributed by atoms with Crippen LogP contribution in [0.1, 0.15) is 5.56 Å². The minimum Gasteiger partial charge on any atom is -0.504 e. The summed E-state index contributed by atoms with van der Waals surface area (Å²) in [5.41, 5.74) is 0.338. The van der Waals surface area contributed by atoms with E-state index in [0.717, 1.165) is 0 Å². The molecule has 0 atom stereocenters. The van der Waals surface area contributed by atoms with Crippen LogP contribution in [0.25, 0.3) is 0 Å². The number of aliphatic imine (C=N–C) groups is 1. The average molecular weight is 222 g/mol. The molecule has 0 spiro atoms. The molecule has 3 nitrogen and oxygen atoms in total. The number of aromatic hydroxyl groups is 1. The lowest BCUT2D eigenvalue weighted by Crippen LogP contribution is -1.85. The van der Waals surface area contributed by atoms with Crippen LogP contribution in [-0.2, 0) is 0 Å². The van der Waals surface area contributed by atoms with Crippen molar-refractivity contribution in [3.63, 3.8) is 0 Å². The lowest BCUT2D eigenvalue weighted by atomic mass is 10.2. The first kappa shape index (κ1) is 9.79. The number of phenols is 1. The molecule has 0 aliphatic rings. The Morgan fingerprint density at radius 2 is 2.33 bits per heavy atom. The zero-order chi connectivity index (χ0) is 10.7. The van der Waals surface area contributed by atoms with E-state index >= 15 is 0 Å². The quantitative estimate of drug-likeness (QED) is 0.794. The second-order valence-electron chi connectivity index (χ2n) is 2.75. The number of para-hydroxylation sites is 1. The van der Waals surface area contributed by atoms with E-state index < -0.39 is 11.6 Å². The molecule has 0 bridgehead atoms. The molecule has 5 heteroatoms. The van der Waals surface area contributed by atoms with Crippen LogP contribution in [-0.4, -0.2) is 16.3 Å². The van der Waals surface area contributed by atoms with E-state index in [1.165, 1.54) is 29.7 Å². The van der Waals surface area contributed by atoms with Gasteiger partial charge in [0.05, 0.1) is 0 Å². The van der Waals surface area contributed by atoms with Gasteiger partial charge in [-0.25, -0.2) is 14.4 Å². The van der Waals surface area contributed by atoms with E-state index in [9.17, 15) is 9.50 Å². The third-order valence-corrected chi connectivity index (χ3v) is 2.43. The van der Waals surface area contributed by atoms with Crippen LogP contribution in [0.15, 0.2) is 34.8 Å². The van der Waals surface area contributed by atoms with Gasteiger partial charge in [-0.05, 0) is 12.1 Å². The Morgan fingerprint density at radius 1 is 1.47 bits per heavy atom. The van der Waals surface area contributed by atoms with Crippen LogP contribution in [0, 0.1) is 5.82 Å². The highest BCUT2D eigenvalue weighted by Gasteiger charge is 2.03. The van der Waals surface area contributed by atoms with Crippen LogP contribution in [0.2, 0.25) is 0 Å². The van der Waals surface area contributed by atoms with E-state index in [1.54, 1.807) is 17.6 Å². The van der Waals surface area contributed by atoms with Gasteiger partial charge >= 0.3 is 0 Å². The van der Waals surface area contributed by atoms with Crippen molar-refractivity contribution in [3.8, 4) is 5.75 Å². The molecule has 1 heterocycles. The van der Waals surface area contributed by atoms with Crippen molar-refractivity contribution in [2.75, 3.05) is 0 Å². The fourth-order valence-electron chi connectivity index (χ4n) is 1.04. The van der Waals surface area contributed by atoms with Crippen LogP contribution in [0.3, 0.4) is 0 Å². The summed E-state index contributed by atoms with van der Waals surface area (Å²) in [5.74, 6) is -1.05. The smallest absolute Gasteiger partial charge is 0.209 e. The fraction of sp³-hybridized carbons (Fsp3) is 0. The summed E-state index contributed by atoms with van der Waals surface area (Å²) in [6.07, 6.45) is 3.01. The molecule has 0 radical (unpaired) electrons. The lowest BCUT2D eigenvalue weighted by Gasteiger charge is -1.97. The maximum atomic E-state index is 12.9. The highest BCUT2D eigenvalue weighted by Crippen LogP contribution is 2.20. The summed E-state index contributed by atoms with van der Waals surface area (Å²) in [4.78, 5) is 7.92. The van der Waals surface area contributed by atoms with Gasteiger partial charge in [0.25, 0.3) is 0 Å².